The second-order valence-electron chi connectivity index (χ2n) is 9.17. The average molecular weight is 402 g/mol. The van der Waals surface area contributed by atoms with Gasteiger partial charge >= 0.3 is 6.03 Å². The normalized spacial score (nSPS) is 23.5. The molecule has 0 aliphatic carbocycles. The summed E-state index contributed by atoms with van der Waals surface area (Å²) >= 11 is 0. The molecule has 0 spiro atoms. The van der Waals surface area contributed by atoms with Crippen molar-refractivity contribution in [1.29, 1.82) is 0 Å². The Morgan fingerprint density at radius 2 is 1.76 bits per heavy atom. The summed E-state index contributed by atoms with van der Waals surface area (Å²) in [7, 11) is 0. The Kier molecular flexibility index (Phi) is 6.83. The molecule has 0 aromatic heterocycles. The summed E-state index contributed by atoms with van der Waals surface area (Å²) in [6, 6.07) is 7.96. The smallest absolute Gasteiger partial charge is 0.322 e. The summed E-state index contributed by atoms with van der Waals surface area (Å²) in [5.74, 6) is 1.45. The van der Waals surface area contributed by atoms with Crippen LogP contribution in [0.3, 0.4) is 0 Å². The van der Waals surface area contributed by atoms with E-state index in [1.165, 1.54) is 5.56 Å². The molecule has 0 saturated carbocycles. The van der Waals surface area contributed by atoms with Gasteiger partial charge in [0.25, 0.3) is 5.91 Å². The lowest BCUT2D eigenvalue weighted by Crippen LogP contribution is -2.56. The number of nitrogens with zero attached hydrogens (tertiary/aromatic N) is 1. The third-order valence-electron chi connectivity index (χ3n) is 6.07. The maximum Gasteiger partial charge on any atom is 0.322 e. The molecule has 1 atom stereocenters. The van der Waals surface area contributed by atoms with Crippen LogP contribution in [-0.4, -0.2) is 41.6 Å². The number of hydrogen-bond acceptors (Lipinski definition) is 4. The van der Waals surface area contributed by atoms with Crippen molar-refractivity contribution in [3.05, 3.63) is 29.8 Å². The second-order valence-corrected chi connectivity index (χ2v) is 9.17. The Labute approximate surface area is 174 Å². The second kappa shape index (κ2) is 9.16. The molecule has 2 fully saturated rings. The molecule has 3 rings (SSSR count). The summed E-state index contributed by atoms with van der Waals surface area (Å²) in [6.07, 6.45) is 3.65. The van der Waals surface area contributed by atoms with Crippen LogP contribution in [0.1, 0.15) is 58.9 Å². The Morgan fingerprint density at radius 1 is 1.10 bits per heavy atom. The molecule has 2 N–H and O–H groups in total. The van der Waals surface area contributed by atoms with Crippen molar-refractivity contribution in [2.75, 3.05) is 13.1 Å². The molecule has 0 bridgehead atoms. The lowest BCUT2D eigenvalue weighted by atomic mass is 9.74. The molecule has 2 aliphatic heterocycles. The highest BCUT2D eigenvalue weighted by atomic mass is 16.5. The van der Waals surface area contributed by atoms with Gasteiger partial charge in [-0.1, -0.05) is 26.0 Å². The lowest BCUT2D eigenvalue weighted by Gasteiger charge is -2.41. The van der Waals surface area contributed by atoms with Crippen molar-refractivity contribution in [2.24, 2.45) is 11.8 Å². The molecule has 1 aromatic carbocycles. The van der Waals surface area contributed by atoms with E-state index in [-0.39, 0.29) is 24.0 Å². The van der Waals surface area contributed by atoms with Gasteiger partial charge in [0.2, 0.25) is 0 Å². The zero-order chi connectivity index (χ0) is 21.0. The molecule has 3 amide bonds. The highest BCUT2D eigenvalue weighted by molar-refractivity contribution is 6.07. The van der Waals surface area contributed by atoms with Crippen LogP contribution in [-0.2, 0) is 11.3 Å². The summed E-state index contributed by atoms with van der Waals surface area (Å²) < 4.78 is 5.71. The van der Waals surface area contributed by atoms with Gasteiger partial charge in [0, 0.05) is 6.54 Å². The number of imide groups is 1. The molecule has 29 heavy (non-hydrogen) atoms. The summed E-state index contributed by atoms with van der Waals surface area (Å²) in [6.45, 7) is 11.1. The number of hydrogen-bond donors (Lipinski definition) is 2. The number of nitrogens with one attached hydrogen (secondary N) is 2. The number of benzene rings is 1. The minimum atomic E-state index is -0.733. The molecule has 160 valence electrons. The Bertz CT molecular complexity index is 709. The van der Waals surface area contributed by atoms with Crippen LogP contribution in [0.25, 0.3) is 0 Å². The molecule has 0 radical (unpaired) electrons. The molecule has 1 unspecified atom stereocenters. The fourth-order valence-electron chi connectivity index (χ4n) is 4.48. The van der Waals surface area contributed by atoms with Crippen LogP contribution in [0.4, 0.5) is 4.79 Å². The van der Waals surface area contributed by atoms with E-state index in [4.69, 9.17) is 4.74 Å². The fourth-order valence-corrected chi connectivity index (χ4v) is 4.48. The van der Waals surface area contributed by atoms with E-state index in [1.54, 1.807) is 0 Å². The molecular weight excluding hydrogens is 366 g/mol. The molecule has 6 heteroatoms. The standard InChI is InChI=1S/C23H35N3O3/c1-16(2)9-12-23(21(27)24-22(28)25-23)19-10-13-26(14-11-19)15-18-5-7-20(8-6-18)29-17(3)4/h5-8,16-17,19H,9-15H2,1-4H3,(H2,24,25,27,28). The van der Waals surface area contributed by atoms with Gasteiger partial charge < -0.3 is 10.1 Å². The molecule has 2 aliphatic rings. The van der Waals surface area contributed by atoms with Crippen molar-refractivity contribution in [3.8, 4) is 5.75 Å². The third kappa shape index (κ3) is 5.30. The number of carbonyl (C=O) groups is 2. The predicted octanol–water partition coefficient (Wildman–Crippen LogP) is 3.70. The first-order chi connectivity index (χ1) is 13.8. The quantitative estimate of drug-likeness (QED) is 0.652. The first-order valence-electron chi connectivity index (χ1n) is 10.9. The molecular formula is C23H35N3O3. The number of likely N-dealkylation sites (tertiary alicyclic amines) is 1. The van der Waals surface area contributed by atoms with Crippen LogP contribution in [0.5, 0.6) is 5.75 Å². The largest absolute Gasteiger partial charge is 0.491 e. The molecule has 6 nitrogen and oxygen atoms in total. The van der Waals surface area contributed by atoms with Crippen LogP contribution >= 0.6 is 0 Å². The van der Waals surface area contributed by atoms with Crippen LogP contribution in [0, 0.1) is 11.8 Å². The van der Waals surface area contributed by atoms with E-state index in [0.29, 0.717) is 12.3 Å². The maximum absolute atomic E-state index is 12.7. The van der Waals surface area contributed by atoms with Crippen molar-refractivity contribution in [3.63, 3.8) is 0 Å². The van der Waals surface area contributed by atoms with Gasteiger partial charge in [-0.05, 0) is 82.2 Å². The zero-order valence-electron chi connectivity index (χ0n) is 18.2. The van der Waals surface area contributed by atoms with E-state index < -0.39 is 5.54 Å². The van der Waals surface area contributed by atoms with Gasteiger partial charge in [0.05, 0.1) is 6.10 Å². The van der Waals surface area contributed by atoms with Gasteiger partial charge in [0.15, 0.2) is 0 Å². The Hall–Kier alpha value is -2.08. The zero-order valence-corrected chi connectivity index (χ0v) is 18.2. The predicted molar refractivity (Wildman–Crippen MR) is 114 cm³/mol. The number of carbonyl (C=O) groups excluding carboxylic acids is 2. The number of rotatable bonds is 8. The SMILES string of the molecule is CC(C)CCC1(C2CCN(Cc3ccc(OC(C)C)cc3)CC2)NC(=O)NC1=O. The van der Waals surface area contributed by atoms with Crippen molar-refractivity contribution < 1.29 is 14.3 Å². The molecule has 1 aromatic rings. The minimum Gasteiger partial charge on any atom is -0.491 e. The van der Waals surface area contributed by atoms with Gasteiger partial charge in [0.1, 0.15) is 11.3 Å². The Balaban J connectivity index is 1.58. The first-order valence-corrected chi connectivity index (χ1v) is 10.9. The van der Waals surface area contributed by atoms with Gasteiger partial charge in [-0.3, -0.25) is 15.0 Å². The highest BCUT2D eigenvalue weighted by Gasteiger charge is 2.51. The molecule has 2 heterocycles. The first kappa shape index (κ1) is 21.6. The van der Waals surface area contributed by atoms with E-state index in [0.717, 1.165) is 44.6 Å². The Morgan fingerprint density at radius 3 is 2.28 bits per heavy atom. The summed E-state index contributed by atoms with van der Waals surface area (Å²) in [5.41, 5.74) is 0.532. The van der Waals surface area contributed by atoms with Crippen molar-refractivity contribution in [2.45, 2.75) is 71.6 Å². The van der Waals surface area contributed by atoms with Crippen molar-refractivity contribution in [1.82, 2.24) is 15.5 Å². The number of piperidine rings is 1. The van der Waals surface area contributed by atoms with Crippen LogP contribution in [0.15, 0.2) is 24.3 Å². The van der Waals surface area contributed by atoms with Gasteiger partial charge in [-0.25, -0.2) is 4.79 Å². The van der Waals surface area contributed by atoms with Gasteiger partial charge in [-0.15, -0.1) is 0 Å². The topological polar surface area (TPSA) is 70.7 Å². The van der Waals surface area contributed by atoms with E-state index in [9.17, 15) is 9.59 Å². The van der Waals surface area contributed by atoms with Crippen LogP contribution < -0.4 is 15.4 Å². The van der Waals surface area contributed by atoms with E-state index >= 15 is 0 Å². The van der Waals surface area contributed by atoms with Crippen molar-refractivity contribution >= 4 is 11.9 Å². The fraction of sp³-hybridized carbons (Fsp3) is 0.652. The van der Waals surface area contributed by atoms with E-state index in [1.807, 2.05) is 26.0 Å². The highest BCUT2D eigenvalue weighted by Crippen LogP contribution is 2.35. The third-order valence-corrected chi connectivity index (χ3v) is 6.07. The molecule has 2 saturated heterocycles. The van der Waals surface area contributed by atoms with Crippen LogP contribution in [0.2, 0.25) is 0 Å². The number of amides is 3. The van der Waals surface area contributed by atoms with E-state index in [2.05, 4.69) is 41.5 Å². The van der Waals surface area contributed by atoms with Gasteiger partial charge in [-0.2, -0.15) is 0 Å². The monoisotopic (exact) mass is 401 g/mol. The average Bonchev–Trinajstić information content (AvgIpc) is 2.96. The minimum absolute atomic E-state index is 0.137. The number of urea groups is 1. The maximum atomic E-state index is 12.7. The summed E-state index contributed by atoms with van der Waals surface area (Å²) in [4.78, 5) is 27.0. The lowest BCUT2D eigenvalue weighted by molar-refractivity contribution is -0.127. The summed E-state index contributed by atoms with van der Waals surface area (Å²) in [5, 5.41) is 5.48. The number of ether oxygens (including phenoxy) is 1.